The molecule has 4 aromatic rings. The zero-order chi connectivity index (χ0) is 20.1. The first-order chi connectivity index (χ1) is 13.3. The minimum atomic E-state index is -1.00. The second kappa shape index (κ2) is 8.62. The van der Waals surface area contributed by atoms with Gasteiger partial charge in [-0.3, -0.25) is 0 Å². The van der Waals surface area contributed by atoms with Gasteiger partial charge in [-0.25, -0.2) is 19.9 Å². The number of ether oxygens (including phenoxy) is 1. The summed E-state index contributed by atoms with van der Waals surface area (Å²) in [6.07, 6.45) is 7.05. The molecule has 0 aliphatic heterocycles. The highest BCUT2D eigenvalue weighted by atomic mass is 28.3. The number of hydrogen-bond donors (Lipinski definition) is 1. The molecule has 1 N–H and O–H groups in total. The third-order valence-electron chi connectivity index (χ3n) is 4.54. The van der Waals surface area contributed by atoms with Gasteiger partial charge < -0.3 is 14.3 Å². The van der Waals surface area contributed by atoms with Crippen molar-refractivity contribution in [1.29, 1.82) is 0 Å². The maximum absolute atomic E-state index is 5.74. The van der Waals surface area contributed by atoms with Crippen molar-refractivity contribution in [3.8, 4) is 0 Å². The lowest BCUT2D eigenvalue weighted by Gasteiger charge is -2.15. The lowest BCUT2D eigenvalue weighted by atomic mass is 10.3. The van der Waals surface area contributed by atoms with E-state index in [1.807, 2.05) is 42.9 Å². The van der Waals surface area contributed by atoms with Crippen molar-refractivity contribution >= 4 is 30.1 Å². The number of nitrogens with one attached hydrogen (secondary N) is 1. The number of fused-ring (bicyclic) bond motifs is 2. The summed E-state index contributed by atoms with van der Waals surface area (Å²) in [4.78, 5) is 19.6. The molecule has 0 saturated heterocycles. The normalized spacial score (nSPS) is 11.6. The van der Waals surface area contributed by atoms with Crippen LogP contribution in [0.25, 0.3) is 22.1 Å². The van der Waals surface area contributed by atoms with Crippen LogP contribution in [0.4, 0.5) is 0 Å². The third kappa shape index (κ3) is 5.02. The van der Waals surface area contributed by atoms with Crippen molar-refractivity contribution in [3.05, 3.63) is 48.6 Å². The van der Waals surface area contributed by atoms with E-state index in [1.54, 1.807) is 12.7 Å². The summed E-state index contributed by atoms with van der Waals surface area (Å²) in [7, 11) is -1.00. The standard InChI is InChI=1S/C13H21N3OSi.C7H7N3/c1-11-12-5-6-16(13(12)15-9-14-11)10-17-7-8-18(2,3)4;1-5-6-2-3-8-7(6)10-4-9-5/h5-6,9H,7-8,10H2,1-4H3;2-4H,1H3,(H,8,9,10). The van der Waals surface area contributed by atoms with Gasteiger partial charge in [-0.15, -0.1) is 0 Å². The maximum Gasteiger partial charge on any atom is 0.145 e. The van der Waals surface area contributed by atoms with Gasteiger partial charge >= 0.3 is 0 Å². The van der Waals surface area contributed by atoms with E-state index in [1.165, 1.54) is 6.04 Å². The molecule has 0 bridgehead atoms. The molecule has 0 aliphatic carbocycles. The molecule has 0 atom stereocenters. The fourth-order valence-electron chi connectivity index (χ4n) is 2.78. The van der Waals surface area contributed by atoms with E-state index in [9.17, 15) is 0 Å². The number of aryl methyl sites for hydroxylation is 2. The smallest absolute Gasteiger partial charge is 0.145 e. The average molecular weight is 397 g/mol. The second-order valence-electron chi connectivity index (χ2n) is 8.03. The van der Waals surface area contributed by atoms with Gasteiger partial charge in [-0.1, -0.05) is 19.6 Å². The fraction of sp³-hybridized carbons (Fsp3) is 0.400. The molecule has 4 rings (SSSR count). The van der Waals surface area contributed by atoms with Crippen LogP contribution in [0, 0.1) is 13.8 Å². The van der Waals surface area contributed by atoms with Crippen LogP contribution in [0.15, 0.2) is 37.2 Å². The fourth-order valence-corrected chi connectivity index (χ4v) is 3.53. The lowest BCUT2D eigenvalue weighted by molar-refractivity contribution is 0.0899. The molecule has 0 saturated carbocycles. The Morgan fingerprint density at radius 3 is 2.39 bits per heavy atom. The molecule has 0 fully saturated rings. The quantitative estimate of drug-likeness (QED) is 0.401. The summed E-state index contributed by atoms with van der Waals surface area (Å²) < 4.78 is 7.78. The van der Waals surface area contributed by atoms with Crippen molar-refractivity contribution in [1.82, 2.24) is 29.5 Å². The predicted octanol–water partition coefficient (Wildman–Crippen LogP) is 4.32. The van der Waals surface area contributed by atoms with Crippen LogP contribution in [0.5, 0.6) is 0 Å². The van der Waals surface area contributed by atoms with Crippen molar-refractivity contribution < 1.29 is 4.74 Å². The number of nitrogens with zero attached hydrogens (tertiary/aromatic N) is 5. The van der Waals surface area contributed by atoms with Crippen LogP contribution in [0.1, 0.15) is 11.4 Å². The molecular formula is C20H28N6OSi. The average Bonchev–Trinajstić information content (AvgIpc) is 3.27. The lowest BCUT2D eigenvalue weighted by Crippen LogP contribution is -2.22. The number of H-pyrrole nitrogens is 1. The summed E-state index contributed by atoms with van der Waals surface area (Å²) in [5.41, 5.74) is 3.90. The zero-order valence-electron chi connectivity index (χ0n) is 17.2. The number of rotatable bonds is 5. The first-order valence-corrected chi connectivity index (χ1v) is 13.1. The van der Waals surface area contributed by atoms with E-state index in [0.29, 0.717) is 6.73 Å². The Hall–Kier alpha value is -2.58. The summed E-state index contributed by atoms with van der Waals surface area (Å²) >= 11 is 0. The summed E-state index contributed by atoms with van der Waals surface area (Å²) in [6.45, 7) is 12.5. The van der Waals surface area contributed by atoms with Gasteiger partial charge in [0.15, 0.2) is 0 Å². The van der Waals surface area contributed by atoms with Gasteiger partial charge in [-0.05, 0) is 32.0 Å². The molecule has 8 heteroatoms. The van der Waals surface area contributed by atoms with Crippen LogP contribution in [-0.2, 0) is 11.5 Å². The largest absolute Gasteiger partial charge is 0.361 e. The Kier molecular flexibility index (Phi) is 6.20. The van der Waals surface area contributed by atoms with Gasteiger partial charge in [0, 0.05) is 37.8 Å². The molecule has 0 amide bonds. The monoisotopic (exact) mass is 396 g/mol. The van der Waals surface area contributed by atoms with Crippen LogP contribution in [-0.4, -0.2) is 44.2 Å². The second-order valence-corrected chi connectivity index (χ2v) is 13.7. The number of aromatic nitrogens is 6. The molecule has 0 aliphatic rings. The van der Waals surface area contributed by atoms with Crippen LogP contribution < -0.4 is 0 Å². The highest BCUT2D eigenvalue weighted by Crippen LogP contribution is 2.15. The molecule has 0 unspecified atom stereocenters. The summed E-state index contributed by atoms with van der Waals surface area (Å²) in [6, 6.07) is 5.22. The molecule has 4 heterocycles. The van der Waals surface area contributed by atoms with Gasteiger partial charge in [-0.2, -0.15) is 0 Å². The number of aromatic amines is 1. The molecular weight excluding hydrogens is 368 g/mol. The van der Waals surface area contributed by atoms with Crippen molar-refractivity contribution in [2.24, 2.45) is 0 Å². The maximum atomic E-state index is 5.74. The minimum absolute atomic E-state index is 0.574. The van der Waals surface area contributed by atoms with Crippen molar-refractivity contribution in [2.45, 2.75) is 46.3 Å². The highest BCUT2D eigenvalue weighted by molar-refractivity contribution is 6.76. The van der Waals surface area contributed by atoms with Gasteiger partial charge in [0.1, 0.15) is 30.7 Å². The first kappa shape index (κ1) is 20.2. The molecule has 0 spiro atoms. The zero-order valence-corrected chi connectivity index (χ0v) is 18.2. The Labute approximate surface area is 166 Å². The Morgan fingerprint density at radius 2 is 1.68 bits per heavy atom. The predicted molar refractivity (Wildman–Crippen MR) is 115 cm³/mol. The van der Waals surface area contributed by atoms with Gasteiger partial charge in [0.05, 0.1) is 11.4 Å². The molecule has 0 radical (unpaired) electrons. The van der Waals surface area contributed by atoms with Crippen molar-refractivity contribution in [3.63, 3.8) is 0 Å². The number of hydrogen-bond acceptors (Lipinski definition) is 5. The van der Waals surface area contributed by atoms with Gasteiger partial charge in [0.25, 0.3) is 0 Å². The summed E-state index contributed by atoms with van der Waals surface area (Å²) in [5.74, 6) is 0. The van der Waals surface area contributed by atoms with E-state index in [2.05, 4.69) is 44.6 Å². The van der Waals surface area contributed by atoms with E-state index < -0.39 is 8.07 Å². The van der Waals surface area contributed by atoms with Crippen molar-refractivity contribution in [2.75, 3.05) is 6.61 Å². The molecule has 28 heavy (non-hydrogen) atoms. The molecule has 0 aromatic carbocycles. The van der Waals surface area contributed by atoms with E-state index in [4.69, 9.17) is 4.74 Å². The molecule has 4 aromatic heterocycles. The van der Waals surface area contributed by atoms with E-state index in [-0.39, 0.29) is 0 Å². The van der Waals surface area contributed by atoms with E-state index >= 15 is 0 Å². The van der Waals surface area contributed by atoms with Crippen LogP contribution in [0.3, 0.4) is 0 Å². The van der Waals surface area contributed by atoms with E-state index in [0.717, 1.165) is 40.1 Å². The third-order valence-corrected chi connectivity index (χ3v) is 6.24. The minimum Gasteiger partial charge on any atom is -0.361 e. The topological polar surface area (TPSA) is 81.5 Å². The summed E-state index contributed by atoms with van der Waals surface area (Å²) in [5, 5.41) is 2.20. The van der Waals surface area contributed by atoms with Crippen LogP contribution >= 0.6 is 0 Å². The molecule has 148 valence electrons. The van der Waals surface area contributed by atoms with Crippen LogP contribution in [0.2, 0.25) is 25.7 Å². The Balaban J connectivity index is 0.000000188. The molecule has 7 nitrogen and oxygen atoms in total. The highest BCUT2D eigenvalue weighted by Gasteiger charge is 2.12. The Morgan fingerprint density at radius 1 is 0.964 bits per heavy atom. The van der Waals surface area contributed by atoms with Gasteiger partial charge in [0.2, 0.25) is 0 Å². The SMILES string of the molecule is Cc1ncnc2[nH]ccc12.Cc1ncnc2c1ccn2COCC[Si](C)(C)C. The Bertz CT molecular complexity index is 1050. The first-order valence-electron chi connectivity index (χ1n) is 9.44.